The van der Waals surface area contributed by atoms with Gasteiger partial charge in [0.2, 0.25) is 0 Å². The van der Waals surface area contributed by atoms with Crippen LogP contribution < -0.4 is 9.62 Å². The van der Waals surface area contributed by atoms with Gasteiger partial charge in [0.05, 0.1) is 11.7 Å². The molecule has 5 nitrogen and oxygen atoms in total. The van der Waals surface area contributed by atoms with Crippen molar-refractivity contribution in [1.29, 1.82) is 0 Å². The van der Waals surface area contributed by atoms with Gasteiger partial charge in [0.1, 0.15) is 0 Å². The largest absolute Gasteiger partial charge is 0.345 e. The highest BCUT2D eigenvalue weighted by Crippen LogP contribution is 2.42. The lowest BCUT2D eigenvalue weighted by Gasteiger charge is -2.33. The Morgan fingerprint density at radius 3 is 2.13 bits per heavy atom. The molecule has 0 saturated heterocycles. The van der Waals surface area contributed by atoms with Crippen LogP contribution in [0.25, 0.3) is 5.57 Å². The fraction of sp³-hybridized carbons (Fsp3) is 0.160. The van der Waals surface area contributed by atoms with E-state index < -0.39 is 15.9 Å². The first-order valence-corrected chi connectivity index (χ1v) is 11.7. The van der Waals surface area contributed by atoms with E-state index in [2.05, 4.69) is 5.32 Å². The molecule has 0 radical (unpaired) electrons. The highest BCUT2D eigenvalue weighted by Gasteiger charge is 2.40. The van der Waals surface area contributed by atoms with Gasteiger partial charge in [0.15, 0.2) is 4.91 Å². The molecule has 6 heteroatoms. The zero-order chi connectivity index (χ0) is 22.0. The zero-order valence-corrected chi connectivity index (χ0v) is 18.3. The highest BCUT2D eigenvalue weighted by atomic mass is 32.2. The van der Waals surface area contributed by atoms with Crippen LogP contribution in [-0.4, -0.2) is 20.9 Å². The number of nitrogens with one attached hydrogen (secondary N) is 1. The van der Waals surface area contributed by atoms with Crippen molar-refractivity contribution in [2.24, 2.45) is 0 Å². The Morgan fingerprint density at radius 2 is 1.48 bits per heavy atom. The van der Waals surface area contributed by atoms with E-state index in [0.29, 0.717) is 16.8 Å². The van der Waals surface area contributed by atoms with Crippen LogP contribution in [0.5, 0.6) is 0 Å². The third kappa shape index (κ3) is 3.75. The SMILES string of the molecule is CCN1c2ccccc2C(c2ccccc2)=C(C(=O)N[C@H](C)c2ccccc2)S1(=O)=O. The summed E-state index contributed by atoms with van der Waals surface area (Å²) in [5, 5.41) is 2.89. The van der Waals surface area contributed by atoms with Crippen molar-refractivity contribution < 1.29 is 13.2 Å². The van der Waals surface area contributed by atoms with Gasteiger partial charge < -0.3 is 5.32 Å². The van der Waals surface area contributed by atoms with Crippen LogP contribution in [0.3, 0.4) is 0 Å². The molecule has 0 aliphatic carbocycles. The predicted octanol–water partition coefficient (Wildman–Crippen LogP) is 4.49. The lowest BCUT2D eigenvalue weighted by atomic mass is 9.95. The van der Waals surface area contributed by atoms with Gasteiger partial charge in [-0.1, -0.05) is 78.9 Å². The minimum Gasteiger partial charge on any atom is -0.345 e. The third-order valence-corrected chi connectivity index (χ3v) is 7.36. The molecule has 0 saturated carbocycles. The van der Waals surface area contributed by atoms with Crippen molar-refractivity contribution in [3.8, 4) is 0 Å². The van der Waals surface area contributed by atoms with Crippen molar-refractivity contribution in [2.75, 3.05) is 10.8 Å². The molecule has 1 amide bonds. The second-order valence-electron chi connectivity index (χ2n) is 7.36. The number of fused-ring (bicyclic) bond motifs is 1. The minimum atomic E-state index is -4.05. The molecular formula is C25H24N2O3S. The predicted molar refractivity (Wildman–Crippen MR) is 124 cm³/mol. The molecule has 1 heterocycles. The molecule has 3 aromatic rings. The number of carbonyl (C=O) groups is 1. The molecular weight excluding hydrogens is 408 g/mol. The molecule has 1 aliphatic rings. The topological polar surface area (TPSA) is 66.5 Å². The Hall–Kier alpha value is -3.38. The number of para-hydroxylation sites is 1. The first-order valence-electron chi connectivity index (χ1n) is 10.2. The standard InChI is InChI=1S/C25H24N2O3S/c1-3-27-22-17-11-10-16-21(22)23(20-14-8-5-9-15-20)24(31(27,29)30)25(28)26-18(2)19-12-6-4-7-13-19/h4-18H,3H2,1-2H3,(H,26,28)/t18-/m1/s1. The summed E-state index contributed by atoms with van der Waals surface area (Å²) in [6, 6.07) is 25.6. The summed E-state index contributed by atoms with van der Waals surface area (Å²) in [7, 11) is -4.05. The molecule has 0 fully saturated rings. The Bertz CT molecular complexity index is 1240. The first kappa shape index (κ1) is 20.9. The van der Waals surface area contributed by atoms with E-state index in [1.165, 1.54) is 4.31 Å². The fourth-order valence-electron chi connectivity index (χ4n) is 3.94. The van der Waals surface area contributed by atoms with Crippen molar-refractivity contribution in [1.82, 2.24) is 5.32 Å². The summed E-state index contributed by atoms with van der Waals surface area (Å²) >= 11 is 0. The van der Waals surface area contributed by atoms with Crippen LogP contribution >= 0.6 is 0 Å². The number of rotatable bonds is 5. The van der Waals surface area contributed by atoms with E-state index in [-0.39, 0.29) is 17.5 Å². The smallest absolute Gasteiger partial charge is 0.270 e. The van der Waals surface area contributed by atoms with Gasteiger partial charge in [0.25, 0.3) is 15.9 Å². The lowest BCUT2D eigenvalue weighted by Crippen LogP contribution is -2.41. The maximum absolute atomic E-state index is 13.7. The Balaban J connectivity index is 1.92. The summed E-state index contributed by atoms with van der Waals surface area (Å²) in [6.07, 6.45) is 0. The molecule has 0 bridgehead atoms. The Labute approximate surface area is 183 Å². The van der Waals surface area contributed by atoms with Crippen LogP contribution in [0.1, 0.15) is 36.6 Å². The van der Waals surface area contributed by atoms with Gasteiger partial charge in [-0.2, -0.15) is 0 Å². The van der Waals surface area contributed by atoms with Gasteiger partial charge >= 0.3 is 0 Å². The summed E-state index contributed by atoms with van der Waals surface area (Å²) in [6.45, 7) is 3.84. The van der Waals surface area contributed by atoms with Crippen molar-refractivity contribution in [3.63, 3.8) is 0 Å². The molecule has 1 N–H and O–H groups in total. The minimum absolute atomic E-state index is 0.220. The second kappa shape index (κ2) is 8.40. The first-order chi connectivity index (χ1) is 14.9. The summed E-state index contributed by atoms with van der Waals surface area (Å²) < 4.78 is 28.6. The molecule has 0 aromatic heterocycles. The fourth-order valence-corrected chi connectivity index (χ4v) is 5.70. The normalized spacial score (nSPS) is 15.9. The number of amides is 1. The molecule has 0 spiro atoms. The van der Waals surface area contributed by atoms with Crippen LogP contribution in [0, 0.1) is 0 Å². The maximum Gasteiger partial charge on any atom is 0.270 e. The zero-order valence-electron chi connectivity index (χ0n) is 17.4. The quantitative estimate of drug-likeness (QED) is 0.646. The number of sulfonamides is 1. The molecule has 158 valence electrons. The van der Waals surface area contributed by atoms with Crippen LogP contribution in [-0.2, 0) is 14.8 Å². The van der Waals surface area contributed by atoms with Crippen LogP contribution in [0.15, 0.2) is 89.8 Å². The molecule has 0 unspecified atom stereocenters. The number of anilines is 1. The third-order valence-electron chi connectivity index (χ3n) is 5.42. The van der Waals surface area contributed by atoms with Crippen molar-refractivity contribution in [2.45, 2.75) is 19.9 Å². The van der Waals surface area contributed by atoms with Gasteiger partial charge in [-0.15, -0.1) is 0 Å². The molecule has 1 atom stereocenters. The van der Waals surface area contributed by atoms with E-state index in [0.717, 1.165) is 11.1 Å². The van der Waals surface area contributed by atoms with Crippen molar-refractivity contribution in [3.05, 3.63) is 107 Å². The number of hydrogen-bond acceptors (Lipinski definition) is 3. The van der Waals surface area contributed by atoms with E-state index >= 15 is 0 Å². The van der Waals surface area contributed by atoms with Gasteiger partial charge in [-0.3, -0.25) is 9.10 Å². The number of nitrogens with zero attached hydrogens (tertiary/aromatic N) is 1. The molecule has 31 heavy (non-hydrogen) atoms. The average Bonchev–Trinajstić information content (AvgIpc) is 2.79. The number of hydrogen-bond donors (Lipinski definition) is 1. The van der Waals surface area contributed by atoms with Gasteiger partial charge in [-0.05, 0) is 31.0 Å². The summed E-state index contributed by atoms with van der Waals surface area (Å²) in [5.74, 6) is -0.608. The molecule has 4 rings (SSSR count). The van der Waals surface area contributed by atoms with E-state index in [1.54, 1.807) is 13.0 Å². The van der Waals surface area contributed by atoms with Crippen LogP contribution in [0.4, 0.5) is 5.69 Å². The maximum atomic E-state index is 13.7. The van der Waals surface area contributed by atoms with E-state index in [9.17, 15) is 13.2 Å². The van der Waals surface area contributed by atoms with E-state index in [1.807, 2.05) is 85.8 Å². The number of benzene rings is 3. The van der Waals surface area contributed by atoms with Crippen LogP contribution in [0.2, 0.25) is 0 Å². The highest BCUT2D eigenvalue weighted by molar-refractivity contribution is 7.97. The Kier molecular flexibility index (Phi) is 5.65. The average molecular weight is 433 g/mol. The molecule has 1 aliphatic heterocycles. The number of carbonyl (C=O) groups excluding carboxylic acids is 1. The van der Waals surface area contributed by atoms with Gasteiger partial charge in [-0.25, -0.2) is 8.42 Å². The monoisotopic (exact) mass is 432 g/mol. The van der Waals surface area contributed by atoms with E-state index in [4.69, 9.17) is 0 Å². The molecule has 3 aromatic carbocycles. The lowest BCUT2D eigenvalue weighted by molar-refractivity contribution is -0.117. The second-order valence-corrected chi connectivity index (χ2v) is 9.16. The van der Waals surface area contributed by atoms with Gasteiger partial charge in [0, 0.05) is 17.7 Å². The Morgan fingerprint density at radius 1 is 0.903 bits per heavy atom. The summed E-state index contributed by atoms with van der Waals surface area (Å²) in [5.41, 5.74) is 3.32. The van der Waals surface area contributed by atoms with Crippen molar-refractivity contribution >= 4 is 27.2 Å². The summed E-state index contributed by atoms with van der Waals surface area (Å²) in [4.78, 5) is 13.3.